The number of fused-ring (bicyclic) bond motifs is 1. The Morgan fingerprint density at radius 3 is 2.76 bits per heavy atom. The fraction of sp³-hybridized carbons (Fsp3) is 0.176. The van der Waals surface area contributed by atoms with Crippen molar-refractivity contribution < 1.29 is 4.74 Å². The van der Waals surface area contributed by atoms with E-state index in [4.69, 9.17) is 10.5 Å². The molecule has 1 heterocycles. The van der Waals surface area contributed by atoms with Gasteiger partial charge in [0.25, 0.3) is 0 Å². The van der Waals surface area contributed by atoms with Crippen LogP contribution in [-0.2, 0) is 13.1 Å². The monoisotopic (exact) mass is 344 g/mol. The average Bonchev–Trinajstić information content (AvgIpc) is 2.91. The van der Waals surface area contributed by atoms with Gasteiger partial charge in [-0.3, -0.25) is 0 Å². The molecule has 0 aliphatic heterocycles. The van der Waals surface area contributed by atoms with Gasteiger partial charge in [0.1, 0.15) is 5.75 Å². The standard InChI is InChI=1S/C17H17BrN2O/c1-21-15-4-5-16(18)14(9-15)11-20-7-6-13-3-2-12(10-19)8-17(13)20/h2-9H,10-11,19H2,1H3. The van der Waals surface area contributed by atoms with E-state index >= 15 is 0 Å². The first-order valence-electron chi connectivity index (χ1n) is 6.81. The van der Waals surface area contributed by atoms with Crippen LogP contribution in [0, 0.1) is 0 Å². The van der Waals surface area contributed by atoms with Gasteiger partial charge in [-0.25, -0.2) is 0 Å². The summed E-state index contributed by atoms with van der Waals surface area (Å²) in [7, 11) is 1.69. The molecule has 3 rings (SSSR count). The molecule has 4 heteroatoms. The molecule has 0 unspecified atom stereocenters. The molecule has 0 bridgehead atoms. The van der Waals surface area contributed by atoms with Crippen molar-refractivity contribution in [3.8, 4) is 5.75 Å². The van der Waals surface area contributed by atoms with Crippen molar-refractivity contribution >= 4 is 26.8 Å². The minimum Gasteiger partial charge on any atom is -0.497 e. The zero-order chi connectivity index (χ0) is 14.8. The summed E-state index contributed by atoms with van der Waals surface area (Å²) >= 11 is 3.61. The minimum atomic E-state index is 0.559. The van der Waals surface area contributed by atoms with Gasteiger partial charge in [-0.15, -0.1) is 0 Å². The molecule has 108 valence electrons. The van der Waals surface area contributed by atoms with Crippen molar-refractivity contribution in [3.63, 3.8) is 0 Å². The van der Waals surface area contributed by atoms with E-state index in [1.165, 1.54) is 16.5 Å². The van der Waals surface area contributed by atoms with E-state index in [1.54, 1.807) is 7.11 Å². The summed E-state index contributed by atoms with van der Waals surface area (Å²) in [6.45, 7) is 1.35. The number of nitrogens with two attached hydrogens (primary N) is 1. The lowest BCUT2D eigenvalue weighted by Gasteiger charge is -2.10. The number of ether oxygens (including phenoxy) is 1. The molecule has 0 saturated carbocycles. The number of rotatable bonds is 4. The lowest BCUT2D eigenvalue weighted by atomic mass is 10.1. The second-order valence-electron chi connectivity index (χ2n) is 5.00. The first-order valence-corrected chi connectivity index (χ1v) is 7.61. The Balaban J connectivity index is 2.01. The van der Waals surface area contributed by atoms with Gasteiger partial charge in [0.15, 0.2) is 0 Å². The van der Waals surface area contributed by atoms with E-state index in [2.05, 4.69) is 57.0 Å². The molecule has 3 nitrogen and oxygen atoms in total. The topological polar surface area (TPSA) is 40.2 Å². The summed E-state index contributed by atoms with van der Waals surface area (Å²) in [6.07, 6.45) is 2.11. The summed E-state index contributed by atoms with van der Waals surface area (Å²) in [5, 5.41) is 1.23. The van der Waals surface area contributed by atoms with E-state index in [0.29, 0.717) is 6.54 Å². The Bertz CT molecular complexity index is 780. The van der Waals surface area contributed by atoms with E-state index in [-0.39, 0.29) is 0 Å². The van der Waals surface area contributed by atoms with Crippen molar-refractivity contribution in [1.29, 1.82) is 0 Å². The Morgan fingerprint density at radius 2 is 2.00 bits per heavy atom. The van der Waals surface area contributed by atoms with Crippen molar-refractivity contribution in [2.45, 2.75) is 13.1 Å². The van der Waals surface area contributed by atoms with Gasteiger partial charge in [-0.2, -0.15) is 0 Å². The zero-order valence-electron chi connectivity index (χ0n) is 11.8. The van der Waals surface area contributed by atoms with Crippen LogP contribution in [-0.4, -0.2) is 11.7 Å². The predicted molar refractivity (Wildman–Crippen MR) is 89.6 cm³/mol. The maximum atomic E-state index is 5.74. The second kappa shape index (κ2) is 5.92. The molecule has 2 N–H and O–H groups in total. The molecule has 0 aliphatic rings. The Labute approximate surface area is 132 Å². The van der Waals surface area contributed by atoms with Gasteiger partial charge >= 0.3 is 0 Å². The highest BCUT2D eigenvalue weighted by atomic mass is 79.9. The quantitative estimate of drug-likeness (QED) is 0.779. The van der Waals surface area contributed by atoms with Gasteiger partial charge in [-0.1, -0.05) is 28.1 Å². The van der Waals surface area contributed by atoms with Crippen molar-refractivity contribution in [3.05, 3.63) is 64.3 Å². The van der Waals surface area contributed by atoms with E-state index in [9.17, 15) is 0 Å². The van der Waals surface area contributed by atoms with Crippen LogP contribution in [0.25, 0.3) is 10.9 Å². The van der Waals surface area contributed by atoms with Crippen molar-refractivity contribution in [2.24, 2.45) is 5.73 Å². The molecule has 21 heavy (non-hydrogen) atoms. The molecule has 1 aromatic heterocycles. The number of methoxy groups -OCH3 is 1. The largest absolute Gasteiger partial charge is 0.497 e. The maximum Gasteiger partial charge on any atom is 0.119 e. The molecule has 0 aliphatic carbocycles. The molecule has 0 fully saturated rings. The van der Waals surface area contributed by atoms with Crippen LogP contribution in [0.1, 0.15) is 11.1 Å². The fourth-order valence-corrected chi connectivity index (χ4v) is 2.85. The maximum absolute atomic E-state index is 5.74. The SMILES string of the molecule is COc1ccc(Br)c(Cn2ccc3ccc(CN)cc32)c1. The van der Waals surface area contributed by atoms with E-state index < -0.39 is 0 Å². The number of hydrogen-bond acceptors (Lipinski definition) is 2. The first-order chi connectivity index (χ1) is 10.2. The summed E-state index contributed by atoms with van der Waals surface area (Å²) in [5.74, 6) is 0.868. The summed E-state index contributed by atoms with van der Waals surface area (Å²) in [5.41, 5.74) is 9.27. The smallest absolute Gasteiger partial charge is 0.119 e. The number of nitrogens with zero attached hydrogens (tertiary/aromatic N) is 1. The van der Waals surface area contributed by atoms with Crippen LogP contribution >= 0.6 is 15.9 Å². The number of hydrogen-bond donors (Lipinski definition) is 1. The van der Waals surface area contributed by atoms with E-state index in [0.717, 1.165) is 22.3 Å². The highest BCUT2D eigenvalue weighted by Gasteiger charge is 2.06. The second-order valence-corrected chi connectivity index (χ2v) is 5.85. The minimum absolute atomic E-state index is 0.559. The third kappa shape index (κ3) is 2.82. The van der Waals surface area contributed by atoms with Gasteiger partial charge in [0.2, 0.25) is 0 Å². The normalized spacial score (nSPS) is 11.0. The molecular weight excluding hydrogens is 328 g/mol. The number of benzene rings is 2. The van der Waals surface area contributed by atoms with Crippen LogP contribution in [0.2, 0.25) is 0 Å². The van der Waals surface area contributed by atoms with Crippen molar-refractivity contribution in [2.75, 3.05) is 7.11 Å². The fourth-order valence-electron chi connectivity index (χ4n) is 2.48. The van der Waals surface area contributed by atoms with Crippen LogP contribution in [0.4, 0.5) is 0 Å². The zero-order valence-corrected chi connectivity index (χ0v) is 13.4. The van der Waals surface area contributed by atoms with Crippen LogP contribution in [0.5, 0.6) is 5.75 Å². The average molecular weight is 345 g/mol. The summed E-state index contributed by atoms with van der Waals surface area (Å²) in [4.78, 5) is 0. The van der Waals surface area contributed by atoms with Crippen LogP contribution in [0.3, 0.4) is 0 Å². The Morgan fingerprint density at radius 1 is 1.14 bits per heavy atom. The Hall–Kier alpha value is -1.78. The van der Waals surface area contributed by atoms with Gasteiger partial charge in [-0.05, 0) is 46.8 Å². The lowest BCUT2D eigenvalue weighted by Crippen LogP contribution is -2.01. The molecule has 0 amide bonds. The third-order valence-corrected chi connectivity index (χ3v) is 4.44. The van der Waals surface area contributed by atoms with Crippen LogP contribution in [0.15, 0.2) is 53.1 Å². The van der Waals surface area contributed by atoms with Gasteiger partial charge in [0, 0.05) is 29.3 Å². The first kappa shape index (κ1) is 14.2. The number of halogens is 1. The lowest BCUT2D eigenvalue weighted by molar-refractivity contribution is 0.414. The molecule has 0 atom stereocenters. The molecule has 3 aromatic rings. The molecular formula is C17H17BrN2O. The summed E-state index contributed by atoms with van der Waals surface area (Å²) < 4.78 is 8.62. The predicted octanol–water partition coefficient (Wildman–Crippen LogP) is 3.92. The van der Waals surface area contributed by atoms with Gasteiger partial charge in [0.05, 0.1) is 7.11 Å². The Kier molecular flexibility index (Phi) is 3.99. The van der Waals surface area contributed by atoms with E-state index in [1.807, 2.05) is 12.1 Å². The van der Waals surface area contributed by atoms with Crippen LogP contribution < -0.4 is 10.5 Å². The molecule has 0 saturated heterocycles. The molecule has 2 aromatic carbocycles. The third-order valence-electron chi connectivity index (χ3n) is 3.67. The highest BCUT2D eigenvalue weighted by Crippen LogP contribution is 2.25. The van der Waals surface area contributed by atoms with Gasteiger partial charge < -0.3 is 15.0 Å². The highest BCUT2D eigenvalue weighted by molar-refractivity contribution is 9.10. The summed E-state index contributed by atoms with van der Waals surface area (Å²) in [6, 6.07) is 14.5. The molecule has 0 spiro atoms. The van der Waals surface area contributed by atoms with Crippen molar-refractivity contribution in [1.82, 2.24) is 4.57 Å². The number of aromatic nitrogens is 1. The molecule has 0 radical (unpaired) electrons.